The second kappa shape index (κ2) is 8.86. The van der Waals surface area contributed by atoms with Crippen molar-refractivity contribution in [1.82, 2.24) is 9.55 Å². The molecule has 1 saturated carbocycles. The Morgan fingerprint density at radius 3 is 2.69 bits per heavy atom. The van der Waals surface area contributed by atoms with Crippen LogP contribution in [0, 0.1) is 11.7 Å². The summed E-state index contributed by atoms with van der Waals surface area (Å²) in [4.78, 5) is 42.2. The van der Waals surface area contributed by atoms with E-state index in [9.17, 15) is 18.8 Å². The molecule has 2 atom stereocenters. The van der Waals surface area contributed by atoms with Crippen LogP contribution in [0.2, 0.25) is 0 Å². The van der Waals surface area contributed by atoms with Crippen LogP contribution in [0.15, 0.2) is 56.7 Å². The number of nitrogens with zero attached hydrogens (tertiary/aromatic N) is 2. The molecule has 2 aromatic heterocycles. The quantitative estimate of drug-likeness (QED) is 0.559. The number of aromatic nitrogens is 2. The largest absolute Gasteiger partial charge is 0.467 e. The fourth-order valence-electron chi connectivity index (χ4n) is 3.95. The number of carbonyl (C=O) groups is 1. The zero-order valence-corrected chi connectivity index (χ0v) is 17.7. The van der Waals surface area contributed by atoms with Gasteiger partial charge in [0.15, 0.2) is 5.69 Å². The molecule has 2 heterocycles. The van der Waals surface area contributed by atoms with Crippen LogP contribution in [-0.4, -0.2) is 15.5 Å². The molecule has 8 nitrogen and oxygen atoms in total. The Morgan fingerprint density at radius 2 is 2.03 bits per heavy atom. The van der Waals surface area contributed by atoms with Gasteiger partial charge >= 0.3 is 5.69 Å². The first-order valence-corrected chi connectivity index (χ1v) is 10.6. The highest BCUT2D eigenvalue weighted by Crippen LogP contribution is 2.49. The van der Waals surface area contributed by atoms with Gasteiger partial charge in [-0.25, -0.2) is 9.18 Å². The average molecular weight is 440 g/mol. The van der Waals surface area contributed by atoms with Gasteiger partial charge in [0, 0.05) is 12.5 Å². The van der Waals surface area contributed by atoms with E-state index in [1.807, 2.05) is 6.92 Å². The molecule has 4 rings (SSSR count). The van der Waals surface area contributed by atoms with Crippen LogP contribution < -0.4 is 21.9 Å². The van der Waals surface area contributed by atoms with Crippen molar-refractivity contribution in [3.63, 3.8) is 0 Å². The minimum atomic E-state index is -0.723. The number of aromatic amines is 1. The Hall–Kier alpha value is -3.62. The number of hydrogen-bond acceptors (Lipinski definition) is 5. The van der Waals surface area contributed by atoms with Gasteiger partial charge in [0.2, 0.25) is 5.91 Å². The molecular weight excluding hydrogens is 415 g/mol. The van der Waals surface area contributed by atoms with Crippen molar-refractivity contribution in [1.29, 1.82) is 0 Å². The molecule has 168 valence electrons. The summed E-state index contributed by atoms with van der Waals surface area (Å²) >= 11 is 0. The molecule has 0 aliphatic heterocycles. The number of nitrogens with two attached hydrogens (primary N) is 1. The number of H-pyrrole nitrogens is 1. The summed E-state index contributed by atoms with van der Waals surface area (Å²) < 4.78 is 20.0. The maximum atomic E-state index is 13.5. The minimum absolute atomic E-state index is 0.00225. The number of furan rings is 1. The number of carbonyl (C=O) groups excluding carboxylic acids is 1. The molecule has 1 aromatic carbocycles. The van der Waals surface area contributed by atoms with Crippen molar-refractivity contribution in [3.05, 3.63) is 80.6 Å². The number of halogens is 1. The molecule has 3 aromatic rings. The van der Waals surface area contributed by atoms with Gasteiger partial charge in [-0.1, -0.05) is 25.5 Å². The molecular formula is C23H25FN4O4. The highest BCUT2D eigenvalue weighted by molar-refractivity contribution is 5.99. The number of nitrogen functional groups attached to an aromatic ring is 1. The first-order chi connectivity index (χ1) is 15.4. The Bertz CT molecular complexity index is 1210. The normalized spacial score (nSPS) is 17.3. The first-order valence-electron chi connectivity index (χ1n) is 10.6. The van der Waals surface area contributed by atoms with E-state index in [2.05, 4.69) is 4.98 Å². The van der Waals surface area contributed by atoms with E-state index in [1.54, 1.807) is 24.3 Å². The van der Waals surface area contributed by atoms with Gasteiger partial charge in [-0.15, -0.1) is 0 Å². The molecule has 0 bridgehead atoms. The van der Waals surface area contributed by atoms with Crippen LogP contribution in [0.4, 0.5) is 15.9 Å². The second-order valence-corrected chi connectivity index (χ2v) is 8.00. The van der Waals surface area contributed by atoms with E-state index in [0.29, 0.717) is 25.1 Å². The maximum Gasteiger partial charge on any atom is 0.330 e. The molecule has 0 saturated heterocycles. The fraction of sp³-hybridized carbons (Fsp3) is 0.348. The maximum absolute atomic E-state index is 13.5. The van der Waals surface area contributed by atoms with Gasteiger partial charge in [0.25, 0.3) is 5.56 Å². The van der Waals surface area contributed by atoms with Gasteiger partial charge in [-0.3, -0.25) is 24.0 Å². The Kier molecular flexibility index (Phi) is 5.98. The standard InChI is InChI=1S/C23H25FN4O4/c1-2-3-10-27-20(25)19(21(29)26-23(27)31)28(13-16-5-4-11-32-16)22(30)18-12-17(18)14-6-8-15(24)9-7-14/h4-9,11,17-18H,2-3,10,12-13,25H2,1H3,(H,26,29,31). The molecule has 0 spiro atoms. The number of hydrogen-bond donors (Lipinski definition) is 2. The summed E-state index contributed by atoms with van der Waals surface area (Å²) in [6, 6.07) is 9.44. The molecule has 1 aliphatic rings. The van der Waals surface area contributed by atoms with Crippen LogP contribution in [0.1, 0.15) is 43.4 Å². The number of amides is 1. The molecule has 1 fully saturated rings. The fourth-order valence-corrected chi connectivity index (χ4v) is 3.95. The molecule has 3 N–H and O–H groups in total. The third-order valence-electron chi connectivity index (χ3n) is 5.79. The number of unbranched alkanes of at least 4 members (excludes halogenated alkanes) is 1. The van der Waals surface area contributed by atoms with Crippen molar-refractivity contribution in [2.24, 2.45) is 5.92 Å². The van der Waals surface area contributed by atoms with Crippen molar-refractivity contribution >= 4 is 17.4 Å². The lowest BCUT2D eigenvalue weighted by atomic mass is 10.1. The van der Waals surface area contributed by atoms with Crippen LogP contribution >= 0.6 is 0 Å². The monoisotopic (exact) mass is 440 g/mol. The van der Waals surface area contributed by atoms with E-state index < -0.39 is 11.2 Å². The third-order valence-corrected chi connectivity index (χ3v) is 5.79. The molecule has 1 aliphatic carbocycles. The Morgan fingerprint density at radius 1 is 1.28 bits per heavy atom. The van der Waals surface area contributed by atoms with Crippen LogP contribution in [0.5, 0.6) is 0 Å². The van der Waals surface area contributed by atoms with E-state index in [4.69, 9.17) is 10.2 Å². The number of benzene rings is 1. The van der Waals surface area contributed by atoms with E-state index in [1.165, 1.54) is 27.9 Å². The third kappa shape index (κ3) is 4.23. The number of rotatable bonds is 8. The highest BCUT2D eigenvalue weighted by Gasteiger charge is 2.47. The van der Waals surface area contributed by atoms with Gasteiger partial charge in [0.1, 0.15) is 17.4 Å². The van der Waals surface area contributed by atoms with E-state index in [-0.39, 0.29) is 41.6 Å². The van der Waals surface area contributed by atoms with Crippen LogP contribution in [-0.2, 0) is 17.9 Å². The van der Waals surface area contributed by atoms with Crippen molar-refractivity contribution in [3.8, 4) is 0 Å². The highest BCUT2D eigenvalue weighted by atomic mass is 19.1. The lowest BCUT2D eigenvalue weighted by molar-refractivity contribution is -0.120. The van der Waals surface area contributed by atoms with Crippen LogP contribution in [0.3, 0.4) is 0 Å². The summed E-state index contributed by atoms with van der Waals surface area (Å²) in [7, 11) is 0. The predicted octanol–water partition coefficient (Wildman–Crippen LogP) is 2.99. The molecule has 2 unspecified atom stereocenters. The zero-order valence-electron chi connectivity index (χ0n) is 17.7. The summed E-state index contributed by atoms with van der Waals surface area (Å²) in [5.74, 6) is -0.675. The van der Waals surface area contributed by atoms with Gasteiger partial charge in [-0.2, -0.15) is 0 Å². The molecule has 32 heavy (non-hydrogen) atoms. The topological polar surface area (TPSA) is 114 Å². The Balaban J connectivity index is 1.70. The van der Waals surface area contributed by atoms with Crippen molar-refractivity contribution < 1.29 is 13.6 Å². The van der Waals surface area contributed by atoms with Crippen LogP contribution in [0.25, 0.3) is 0 Å². The van der Waals surface area contributed by atoms with Crippen molar-refractivity contribution in [2.75, 3.05) is 10.6 Å². The average Bonchev–Trinajstić information content (AvgIpc) is 3.39. The van der Waals surface area contributed by atoms with E-state index in [0.717, 1.165) is 12.0 Å². The SMILES string of the molecule is CCCCn1c(N)c(N(Cc2ccco2)C(=O)C2CC2c2ccc(F)cc2)c(=O)[nH]c1=O. The zero-order chi connectivity index (χ0) is 22.8. The van der Waals surface area contributed by atoms with Gasteiger partial charge in [-0.05, 0) is 48.6 Å². The number of nitrogens with one attached hydrogen (secondary N) is 1. The predicted molar refractivity (Wildman–Crippen MR) is 118 cm³/mol. The first kappa shape index (κ1) is 21.6. The molecule has 0 radical (unpaired) electrons. The second-order valence-electron chi connectivity index (χ2n) is 8.00. The molecule has 9 heteroatoms. The van der Waals surface area contributed by atoms with Gasteiger partial charge < -0.3 is 10.2 Å². The lowest BCUT2D eigenvalue weighted by Gasteiger charge is -2.24. The summed E-state index contributed by atoms with van der Waals surface area (Å²) in [5, 5.41) is 0. The summed E-state index contributed by atoms with van der Waals surface area (Å²) in [6.07, 6.45) is 3.58. The van der Waals surface area contributed by atoms with Gasteiger partial charge in [0.05, 0.1) is 12.8 Å². The minimum Gasteiger partial charge on any atom is -0.467 e. The smallest absolute Gasteiger partial charge is 0.330 e. The lowest BCUT2D eigenvalue weighted by Crippen LogP contribution is -2.41. The van der Waals surface area contributed by atoms with Crippen molar-refractivity contribution in [2.45, 2.75) is 45.2 Å². The number of anilines is 2. The molecule has 1 amide bonds. The summed E-state index contributed by atoms with van der Waals surface area (Å²) in [5.41, 5.74) is 5.72. The summed E-state index contributed by atoms with van der Waals surface area (Å²) in [6.45, 7) is 2.30. The van der Waals surface area contributed by atoms with E-state index >= 15 is 0 Å². The Labute approximate surface area is 183 Å².